The molecule has 0 saturated carbocycles. The van der Waals surface area contributed by atoms with Gasteiger partial charge in [-0.1, -0.05) is 11.6 Å². The lowest BCUT2D eigenvalue weighted by Gasteiger charge is -2.25. The fourth-order valence-electron chi connectivity index (χ4n) is 5.56. The molecule has 0 amide bonds. The van der Waals surface area contributed by atoms with Crippen LogP contribution in [0.4, 0.5) is 0 Å². The summed E-state index contributed by atoms with van der Waals surface area (Å²) in [5, 5.41) is 12.4. The molecule has 3 aromatic carbocycles. The average molecular weight is 558 g/mol. The van der Waals surface area contributed by atoms with Crippen LogP contribution < -0.4 is 30.0 Å². The number of methoxy groups -OCH3 is 4. The molecular formula is C32H31NO8. The first-order chi connectivity index (χ1) is 19.6. The topological polar surface area (TPSA) is 109 Å². The van der Waals surface area contributed by atoms with E-state index in [9.17, 15) is 14.7 Å². The van der Waals surface area contributed by atoms with Gasteiger partial charge < -0.3 is 33.0 Å². The quantitative estimate of drug-likeness (QED) is 0.156. The van der Waals surface area contributed by atoms with Gasteiger partial charge in [0.15, 0.2) is 11.5 Å². The van der Waals surface area contributed by atoms with Gasteiger partial charge in [0.2, 0.25) is 5.43 Å². The van der Waals surface area contributed by atoms with Crippen LogP contribution in [0.2, 0.25) is 0 Å². The molecule has 2 aromatic heterocycles. The summed E-state index contributed by atoms with van der Waals surface area (Å²) >= 11 is 0. The Bertz CT molecular complexity index is 1980. The Morgan fingerprint density at radius 3 is 2.22 bits per heavy atom. The van der Waals surface area contributed by atoms with Crippen molar-refractivity contribution in [2.45, 2.75) is 19.8 Å². The summed E-state index contributed by atoms with van der Waals surface area (Å²) in [7, 11) is 7.90. The summed E-state index contributed by atoms with van der Waals surface area (Å²) in [6.45, 7) is 3.94. The largest absolute Gasteiger partial charge is 0.507 e. The van der Waals surface area contributed by atoms with Crippen molar-refractivity contribution in [3.05, 3.63) is 85.9 Å². The summed E-state index contributed by atoms with van der Waals surface area (Å²) in [6.07, 6.45) is 2.04. The summed E-state index contributed by atoms with van der Waals surface area (Å²) in [5.41, 5.74) is 2.87. The van der Waals surface area contributed by atoms with Crippen molar-refractivity contribution in [3.63, 3.8) is 0 Å². The Balaban J connectivity index is 2.02. The minimum Gasteiger partial charge on any atom is -0.507 e. The molecule has 0 saturated heterocycles. The Kier molecular flexibility index (Phi) is 7.13. The zero-order valence-electron chi connectivity index (χ0n) is 23.9. The molecule has 1 N–H and O–H groups in total. The highest BCUT2D eigenvalue weighted by Crippen LogP contribution is 2.46. The van der Waals surface area contributed by atoms with E-state index in [0.29, 0.717) is 56.0 Å². The summed E-state index contributed by atoms with van der Waals surface area (Å²) in [5.74, 6) is 0.974. The third-order valence-corrected chi connectivity index (χ3v) is 7.28. The number of rotatable bonds is 7. The molecule has 0 aliphatic rings. The maximum absolute atomic E-state index is 14.0. The van der Waals surface area contributed by atoms with Crippen LogP contribution in [0.25, 0.3) is 32.8 Å². The number of phenolic OH excluding ortho intramolecular Hbond substituents is 1. The van der Waals surface area contributed by atoms with Gasteiger partial charge in [-0.3, -0.25) is 4.79 Å². The van der Waals surface area contributed by atoms with E-state index in [1.807, 2.05) is 30.6 Å². The predicted molar refractivity (Wildman–Crippen MR) is 158 cm³/mol. The molecule has 9 heteroatoms. The van der Waals surface area contributed by atoms with E-state index in [1.54, 1.807) is 31.3 Å². The predicted octanol–water partition coefficient (Wildman–Crippen LogP) is 5.64. The van der Waals surface area contributed by atoms with E-state index in [1.165, 1.54) is 40.6 Å². The number of aryl methyl sites for hydroxylation is 1. The monoisotopic (exact) mass is 557 g/mol. The standard InChI is InChI=1S/C32H31NO8/c1-16(2)12-20(19-13-17-8-11-26(35)41-23(17)15-24(19)38-5)27-25(39-6)14-21(34)28-30(27)33(3)29-18(31(28)36)9-10-22(37-4)32(29)40-7/h8-15,20,34H,1-7H3. The maximum Gasteiger partial charge on any atom is 0.336 e. The van der Waals surface area contributed by atoms with Gasteiger partial charge in [0.25, 0.3) is 0 Å². The van der Waals surface area contributed by atoms with Crippen molar-refractivity contribution in [1.29, 1.82) is 0 Å². The third-order valence-electron chi connectivity index (χ3n) is 7.28. The lowest BCUT2D eigenvalue weighted by Crippen LogP contribution is -2.15. The number of benzene rings is 3. The Labute approximate surface area is 235 Å². The van der Waals surface area contributed by atoms with Crippen molar-refractivity contribution in [2.24, 2.45) is 7.05 Å². The molecule has 0 radical (unpaired) electrons. The number of allylic oxidation sites excluding steroid dienone is 2. The van der Waals surface area contributed by atoms with Crippen molar-refractivity contribution in [1.82, 2.24) is 4.57 Å². The molecule has 0 bridgehead atoms. The smallest absolute Gasteiger partial charge is 0.336 e. The van der Waals surface area contributed by atoms with Gasteiger partial charge in [-0.05, 0) is 38.1 Å². The first-order valence-electron chi connectivity index (χ1n) is 12.9. The van der Waals surface area contributed by atoms with E-state index in [0.717, 1.165) is 11.1 Å². The lowest BCUT2D eigenvalue weighted by molar-refractivity contribution is 0.357. The van der Waals surface area contributed by atoms with Crippen LogP contribution in [-0.2, 0) is 7.05 Å². The molecule has 5 rings (SSSR count). The van der Waals surface area contributed by atoms with Crippen molar-refractivity contribution < 1.29 is 28.5 Å². The molecule has 0 aliphatic heterocycles. The van der Waals surface area contributed by atoms with Crippen LogP contribution in [0.1, 0.15) is 30.9 Å². The van der Waals surface area contributed by atoms with Crippen LogP contribution >= 0.6 is 0 Å². The molecule has 0 spiro atoms. The SMILES string of the molecule is COc1cc2oc(=O)ccc2cc1C(C=C(C)C)c1c(OC)cc(O)c2c(=O)c3ccc(OC)c(OC)c3n(C)c12. The van der Waals surface area contributed by atoms with E-state index >= 15 is 0 Å². The number of hydrogen-bond donors (Lipinski definition) is 1. The second-order valence-electron chi connectivity index (χ2n) is 9.93. The Morgan fingerprint density at radius 2 is 1.59 bits per heavy atom. The number of hydrogen-bond acceptors (Lipinski definition) is 8. The van der Waals surface area contributed by atoms with Gasteiger partial charge in [0.1, 0.15) is 22.8 Å². The van der Waals surface area contributed by atoms with Crippen LogP contribution in [0.3, 0.4) is 0 Å². The van der Waals surface area contributed by atoms with E-state index < -0.39 is 11.5 Å². The van der Waals surface area contributed by atoms with Crippen molar-refractivity contribution in [3.8, 4) is 28.7 Å². The second-order valence-corrected chi connectivity index (χ2v) is 9.93. The zero-order chi connectivity index (χ0) is 29.6. The number of pyridine rings is 1. The van der Waals surface area contributed by atoms with Crippen LogP contribution in [-0.4, -0.2) is 38.1 Å². The van der Waals surface area contributed by atoms with Gasteiger partial charge in [-0.25, -0.2) is 4.79 Å². The number of aromatic hydroxyl groups is 1. The molecule has 0 fully saturated rings. The van der Waals surface area contributed by atoms with Crippen LogP contribution in [0.5, 0.6) is 28.7 Å². The minimum absolute atomic E-state index is 0.140. The molecule has 212 valence electrons. The van der Waals surface area contributed by atoms with Gasteiger partial charge in [0, 0.05) is 47.7 Å². The normalized spacial score (nSPS) is 12.0. The summed E-state index contributed by atoms with van der Waals surface area (Å²) < 4.78 is 30.1. The van der Waals surface area contributed by atoms with Crippen LogP contribution in [0, 0.1) is 0 Å². The van der Waals surface area contributed by atoms with Gasteiger partial charge in [-0.15, -0.1) is 0 Å². The summed E-state index contributed by atoms with van der Waals surface area (Å²) in [6, 6.07) is 11.4. The van der Waals surface area contributed by atoms with Crippen LogP contribution in [0.15, 0.2) is 68.1 Å². The molecule has 2 heterocycles. The molecule has 5 aromatic rings. The van der Waals surface area contributed by atoms with E-state index in [2.05, 4.69) is 0 Å². The lowest BCUT2D eigenvalue weighted by atomic mass is 9.85. The van der Waals surface area contributed by atoms with Crippen molar-refractivity contribution >= 4 is 32.8 Å². The second kappa shape index (κ2) is 10.6. The highest BCUT2D eigenvalue weighted by atomic mass is 16.5. The number of nitrogens with zero attached hydrogens (tertiary/aromatic N) is 1. The fraction of sp³-hybridized carbons (Fsp3) is 0.250. The number of phenols is 1. The van der Waals surface area contributed by atoms with Gasteiger partial charge in [0.05, 0.1) is 50.2 Å². The van der Waals surface area contributed by atoms with E-state index in [-0.39, 0.29) is 16.6 Å². The van der Waals surface area contributed by atoms with Crippen molar-refractivity contribution in [2.75, 3.05) is 28.4 Å². The van der Waals surface area contributed by atoms with Gasteiger partial charge >= 0.3 is 5.63 Å². The average Bonchev–Trinajstić information content (AvgIpc) is 2.96. The van der Waals surface area contributed by atoms with E-state index in [4.69, 9.17) is 23.4 Å². The number of ether oxygens (including phenoxy) is 4. The molecule has 1 unspecified atom stereocenters. The van der Waals surface area contributed by atoms with Gasteiger partial charge in [-0.2, -0.15) is 0 Å². The Hall–Kier alpha value is -4.92. The molecule has 41 heavy (non-hydrogen) atoms. The minimum atomic E-state index is -0.510. The first-order valence-corrected chi connectivity index (χ1v) is 12.9. The molecule has 1 atom stereocenters. The molecule has 9 nitrogen and oxygen atoms in total. The summed E-state index contributed by atoms with van der Waals surface area (Å²) in [4.78, 5) is 25.9. The first kappa shape index (κ1) is 27.6. The molecular weight excluding hydrogens is 526 g/mol. The zero-order valence-corrected chi connectivity index (χ0v) is 23.9. The number of fused-ring (bicyclic) bond motifs is 3. The maximum atomic E-state index is 14.0. The number of aromatic nitrogens is 1. The molecule has 0 aliphatic carbocycles. The third kappa shape index (κ3) is 4.43. The Morgan fingerprint density at radius 1 is 0.878 bits per heavy atom. The highest BCUT2D eigenvalue weighted by Gasteiger charge is 2.29. The fourth-order valence-corrected chi connectivity index (χ4v) is 5.56. The highest BCUT2D eigenvalue weighted by molar-refractivity contribution is 6.02.